The summed E-state index contributed by atoms with van der Waals surface area (Å²) < 4.78 is 5.17. The fourth-order valence-electron chi connectivity index (χ4n) is 1.84. The average molecular weight is 170 g/mol. The van der Waals surface area contributed by atoms with Crippen molar-refractivity contribution in [2.75, 3.05) is 45.9 Å². The first kappa shape index (κ1) is 8.48. The summed E-state index contributed by atoms with van der Waals surface area (Å²) in [5.41, 5.74) is 0. The zero-order valence-corrected chi connectivity index (χ0v) is 7.59. The minimum absolute atomic E-state index is 0.822. The van der Waals surface area contributed by atoms with Gasteiger partial charge in [-0.2, -0.15) is 0 Å². The van der Waals surface area contributed by atoms with E-state index in [9.17, 15) is 0 Å². The first-order valence-electron chi connectivity index (χ1n) is 4.96. The predicted octanol–water partition coefficient (Wildman–Crippen LogP) is -0.0719. The fraction of sp³-hybridized carbons (Fsp3) is 1.00. The monoisotopic (exact) mass is 170 g/mol. The molecule has 0 amide bonds. The first-order chi connectivity index (χ1) is 5.95. The second-order valence-electron chi connectivity index (χ2n) is 3.81. The van der Waals surface area contributed by atoms with Crippen LogP contribution in [0, 0.1) is 5.92 Å². The largest absolute Gasteiger partial charge is 0.381 e. The molecular weight excluding hydrogens is 152 g/mol. The van der Waals surface area contributed by atoms with Crippen LogP contribution >= 0.6 is 0 Å². The van der Waals surface area contributed by atoms with Crippen molar-refractivity contribution in [1.82, 2.24) is 10.2 Å². The highest BCUT2D eigenvalue weighted by atomic mass is 16.5. The molecule has 0 aliphatic carbocycles. The third-order valence-corrected chi connectivity index (χ3v) is 2.66. The quantitative estimate of drug-likeness (QED) is 0.628. The van der Waals surface area contributed by atoms with Crippen LogP contribution in [-0.2, 0) is 4.74 Å². The Morgan fingerprint density at radius 1 is 1.25 bits per heavy atom. The van der Waals surface area contributed by atoms with Gasteiger partial charge < -0.3 is 15.0 Å². The summed E-state index contributed by atoms with van der Waals surface area (Å²) in [7, 11) is 0. The SMILES string of the molecule is C1CNCCN(CC2COC2)C1. The molecule has 3 nitrogen and oxygen atoms in total. The van der Waals surface area contributed by atoms with E-state index in [0.717, 1.165) is 25.7 Å². The number of hydrogen-bond donors (Lipinski definition) is 1. The van der Waals surface area contributed by atoms with Gasteiger partial charge in [-0.25, -0.2) is 0 Å². The standard InChI is InChI=1S/C9H18N2O/c1-2-10-3-5-11(4-1)6-9-7-12-8-9/h9-10H,1-8H2. The molecule has 70 valence electrons. The van der Waals surface area contributed by atoms with E-state index >= 15 is 0 Å². The maximum atomic E-state index is 5.17. The van der Waals surface area contributed by atoms with Crippen LogP contribution < -0.4 is 5.32 Å². The molecule has 0 aromatic heterocycles. The van der Waals surface area contributed by atoms with Gasteiger partial charge in [0.15, 0.2) is 0 Å². The van der Waals surface area contributed by atoms with Crippen molar-refractivity contribution < 1.29 is 4.74 Å². The summed E-state index contributed by atoms with van der Waals surface area (Å²) >= 11 is 0. The Morgan fingerprint density at radius 2 is 2.17 bits per heavy atom. The van der Waals surface area contributed by atoms with Crippen LogP contribution in [0.5, 0.6) is 0 Å². The van der Waals surface area contributed by atoms with Crippen LogP contribution in [0.4, 0.5) is 0 Å². The lowest BCUT2D eigenvalue weighted by Crippen LogP contribution is -2.40. The summed E-state index contributed by atoms with van der Waals surface area (Å²) in [5.74, 6) is 0.822. The molecule has 0 bridgehead atoms. The van der Waals surface area contributed by atoms with Crippen molar-refractivity contribution >= 4 is 0 Å². The molecule has 2 heterocycles. The Bertz CT molecular complexity index is 128. The summed E-state index contributed by atoms with van der Waals surface area (Å²) in [6, 6.07) is 0. The maximum Gasteiger partial charge on any atom is 0.0528 e. The molecule has 0 aromatic rings. The maximum absolute atomic E-state index is 5.17. The minimum atomic E-state index is 0.822. The van der Waals surface area contributed by atoms with Crippen LogP contribution in [0.2, 0.25) is 0 Å². The van der Waals surface area contributed by atoms with Crippen molar-refractivity contribution in [2.45, 2.75) is 6.42 Å². The Labute approximate surface area is 74.1 Å². The van der Waals surface area contributed by atoms with Crippen LogP contribution in [0.3, 0.4) is 0 Å². The van der Waals surface area contributed by atoms with Crippen molar-refractivity contribution in [3.8, 4) is 0 Å². The van der Waals surface area contributed by atoms with Crippen LogP contribution in [0.1, 0.15) is 6.42 Å². The second kappa shape index (κ2) is 4.21. The number of rotatable bonds is 2. The van der Waals surface area contributed by atoms with E-state index < -0.39 is 0 Å². The van der Waals surface area contributed by atoms with Gasteiger partial charge in [-0.05, 0) is 19.5 Å². The number of hydrogen-bond acceptors (Lipinski definition) is 3. The van der Waals surface area contributed by atoms with Crippen molar-refractivity contribution in [2.24, 2.45) is 5.92 Å². The highest BCUT2D eigenvalue weighted by Crippen LogP contribution is 2.12. The molecule has 0 radical (unpaired) electrons. The minimum Gasteiger partial charge on any atom is -0.381 e. The zero-order chi connectivity index (χ0) is 8.23. The Balaban J connectivity index is 1.69. The molecule has 0 atom stereocenters. The molecule has 0 unspecified atom stereocenters. The normalized spacial score (nSPS) is 28.0. The molecule has 2 rings (SSSR count). The highest BCUT2D eigenvalue weighted by Gasteiger charge is 2.21. The summed E-state index contributed by atoms with van der Waals surface area (Å²) in [6.45, 7) is 8.07. The van der Waals surface area contributed by atoms with E-state index in [0.29, 0.717) is 0 Å². The molecule has 0 spiro atoms. The van der Waals surface area contributed by atoms with Gasteiger partial charge >= 0.3 is 0 Å². The van der Waals surface area contributed by atoms with E-state index in [-0.39, 0.29) is 0 Å². The van der Waals surface area contributed by atoms with Crippen molar-refractivity contribution in [3.63, 3.8) is 0 Å². The van der Waals surface area contributed by atoms with Gasteiger partial charge in [-0.3, -0.25) is 0 Å². The van der Waals surface area contributed by atoms with Crippen LogP contribution in [0.15, 0.2) is 0 Å². The lowest BCUT2D eigenvalue weighted by atomic mass is 10.1. The lowest BCUT2D eigenvalue weighted by molar-refractivity contribution is -0.0457. The van der Waals surface area contributed by atoms with Gasteiger partial charge in [0, 0.05) is 25.6 Å². The molecule has 2 fully saturated rings. The molecule has 0 aromatic carbocycles. The van der Waals surface area contributed by atoms with Gasteiger partial charge in [0.25, 0.3) is 0 Å². The van der Waals surface area contributed by atoms with E-state index in [4.69, 9.17) is 4.74 Å². The number of nitrogens with zero attached hydrogens (tertiary/aromatic N) is 1. The smallest absolute Gasteiger partial charge is 0.0528 e. The molecule has 2 aliphatic rings. The molecule has 12 heavy (non-hydrogen) atoms. The van der Waals surface area contributed by atoms with Gasteiger partial charge in [0.2, 0.25) is 0 Å². The van der Waals surface area contributed by atoms with Gasteiger partial charge in [0.05, 0.1) is 13.2 Å². The Hall–Kier alpha value is -0.120. The van der Waals surface area contributed by atoms with E-state index in [1.54, 1.807) is 0 Å². The summed E-state index contributed by atoms with van der Waals surface area (Å²) in [6.07, 6.45) is 1.30. The topological polar surface area (TPSA) is 24.5 Å². The summed E-state index contributed by atoms with van der Waals surface area (Å²) in [5, 5.41) is 3.41. The molecule has 2 aliphatic heterocycles. The molecule has 2 saturated heterocycles. The number of nitrogens with one attached hydrogen (secondary N) is 1. The van der Waals surface area contributed by atoms with Gasteiger partial charge in [-0.15, -0.1) is 0 Å². The zero-order valence-electron chi connectivity index (χ0n) is 7.59. The third kappa shape index (κ3) is 2.19. The second-order valence-corrected chi connectivity index (χ2v) is 3.81. The average Bonchev–Trinajstić information content (AvgIpc) is 2.24. The molecule has 1 N–H and O–H groups in total. The van der Waals surface area contributed by atoms with Crippen molar-refractivity contribution in [1.29, 1.82) is 0 Å². The Kier molecular flexibility index (Phi) is 2.98. The third-order valence-electron chi connectivity index (χ3n) is 2.66. The number of ether oxygens (including phenoxy) is 1. The van der Waals surface area contributed by atoms with Gasteiger partial charge in [0.1, 0.15) is 0 Å². The van der Waals surface area contributed by atoms with E-state index in [1.807, 2.05) is 0 Å². The van der Waals surface area contributed by atoms with E-state index in [1.165, 1.54) is 32.6 Å². The summed E-state index contributed by atoms with van der Waals surface area (Å²) in [4.78, 5) is 2.56. The predicted molar refractivity (Wildman–Crippen MR) is 48.2 cm³/mol. The van der Waals surface area contributed by atoms with Crippen molar-refractivity contribution in [3.05, 3.63) is 0 Å². The lowest BCUT2D eigenvalue weighted by Gasteiger charge is -2.31. The first-order valence-corrected chi connectivity index (χ1v) is 4.96. The van der Waals surface area contributed by atoms with Crippen LogP contribution in [0.25, 0.3) is 0 Å². The molecular formula is C9H18N2O. The van der Waals surface area contributed by atoms with Gasteiger partial charge in [-0.1, -0.05) is 0 Å². The van der Waals surface area contributed by atoms with E-state index in [2.05, 4.69) is 10.2 Å². The molecule has 0 saturated carbocycles. The fourth-order valence-corrected chi connectivity index (χ4v) is 1.84. The Morgan fingerprint density at radius 3 is 2.92 bits per heavy atom. The van der Waals surface area contributed by atoms with Crippen LogP contribution in [-0.4, -0.2) is 50.8 Å². The molecule has 3 heteroatoms. The highest BCUT2D eigenvalue weighted by molar-refractivity contribution is 4.73.